The zero-order valence-electron chi connectivity index (χ0n) is 12.9. The summed E-state index contributed by atoms with van der Waals surface area (Å²) in [5, 5.41) is 2.92. The second-order valence-corrected chi connectivity index (χ2v) is 5.26. The van der Waals surface area contributed by atoms with Gasteiger partial charge in [0.1, 0.15) is 0 Å². The predicted molar refractivity (Wildman–Crippen MR) is 89.8 cm³/mol. The molecule has 3 rings (SSSR count). The number of aromatic nitrogens is 2. The molecule has 114 valence electrons. The van der Waals surface area contributed by atoms with Crippen LogP contribution in [0.2, 0.25) is 0 Å². The summed E-state index contributed by atoms with van der Waals surface area (Å²) in [4.78, 5) is 20.8. The maximum absolute atomic E-state index is 12.2. The maximum Gasteiger partial charge on any atom is 0.253 e. The number of carbonyl (C=O) groups excluding carboxylic acids is 1. The first-order chi connectivity index (χ1) is 11.2. The Morgan fingerprint density at radius 1 is 0.957 bits per heavy atom. The fourth-order valence-electron chi connectivity index (χ4n) is 2.28. The number of pyridine rings is 2. The van der Waals surface area contributed by atoms with Crippen LogP contribution < -0.4 is 5.32 Å². The third-order valence-corrected chi connectivity index (χ3v) is 3.65. The van der Waals surface area contributed by atoms with Gasteiger partial charge in [-0.1, -0.05) is 30.3 Å². The molecule has 23 heavy (non-hydrogen) atoms. The average Bonchev–Trinajstić information content (AvgIpc) is 2.62. The number of nitrogens with one attached hydrogen (secondary N) is 1. The van der Waals surface area contributed by atoms with E-state index in [0.29, 0.717) is 12.1 Å². The van der Waals surface area contributed by atoms with Gasteiger partial charge in [0.05, 0.1) is 17.0 Å². The Balaban J connectivity index is 1.67. The lowest BCUT2D eigenvalue weighted by Gasteiger charge is -2.08. The van der Waals surface area contributed by atoms with E-state index in [2.05, 4.69) is 15.3 Å². The average molecular weight is 303 g/mol. The van der Waals surface area contributed by atoms with Gasteiger partial charge in [-0.15, -0.1) is 0 Å². The molecule has 0 spiro atoms. The van der Waals surface area contributed by atoms with Gasteiger partial charge in [0.25, 0.3) is 5.91 Å². The highest BCUT2D eigenvalue weighted by molar-refractivity contribution is 5.94. The minimum absolute atomic E-state index is 0.131. The fraction of sp³-hybridized carbons (Fsp3) is 0.105. The summed E-state index contributed by atoms with van der Waals surface area (Å²) < 4.78 is 0. The molecule has 0 aliphatic carbocycles. The Morgan fingerprint density at radius 3 is 2.43 bits per heavy atom. The first-order valence-corrected chi connectivity index (χ1v) is 7.44. The first kappa shape index (κ1) is 14.9. The minimum atomic E-state index is -0.131. The molecule has 2 heterocycles. The third kappa shape index (κ3) is 3.61. The van der Waals surface area contributed by atoms with Gasteiger partial charge in [0.2, 0.25) is 0 Å². The van der Waals surface area contributed by atoms with E-state index in [9.17, 15) is 4.79 Å². The van der Waals surface area contributed by atoms with Gasteiger partial charge in [-0.05, 0) is 42.3 Å². The Labute approximate surface area is 135 Å². The van der Waals surface area contributed by atoms with Gasteiger partial charge in [-0.25, -0.2) is 0 Å². The predicted octanol–water partition coefficient (Wildman–Crippen LogP) is 3.38. The third-order valence-electron chi connectivity index (χ3n) is 3.65. The summed E-state index contributed by atoms with van der Waals surface area (Å²) in [7, 11) is 0. The normalized spacial score (nSPS) is 10.3. The summed E-state index contributed by atoms with van der Waals surface area (Å²) in [6.45, 7) is 2.54. The highest BCUT2D eigenvalue weighted by Gasteiger charge is 2.08. The van der Waals surface area contributed by atoms with Crippen molar-refractivity contribution in [2.24, 2.45) is 0 Å². The molecule has 1 amide bonds. The smallest absolute Gasteiger partial charge is 0.253 e. The molecule has 0 saturated carbocycles. The van der Waals surface area contributed by atoms with Crippen LogP contribution in [0.25, 0.3) is 11.4 Å². The van der Waals surface area contributed by atoms with E-state index in [-0.39, 0.29) is 5.91 Å². The van der Waals surface area contributed by atoms with Gasteiger partial charge >= 0.3 is 0 Å². The molecule has 0 bridgehead atoms. The number of nitrogens with zero attached hydrogens (tertiary/aromatic N) is 2. The van der Waals surface area contributed by atoms with E-state index < -0.39 is 0 Å². The van der Waals surface area contributed by atoms with Gasteiger partial charge in [-0.2, -0.15) is 0 Å². The van der Waals surface area contributed by atoms with Crippen LogP contribution in [0.3, 0.4) is 0 Å². The lowest BCUT2D eigenvalue weighted by Crippen LogP contribution is -2.23. The topological polar surface area (TPSA) is 54.9 Å². The Bertz CT molecular complexity index is 798. The van der Waals surface area contributed by atoms with Crippen molar-refractivity contribution in [2.75, 3.05) is 0 Å². The van der Waals surface area contributed by atoms with Crippen LogP contribution in [0.5, 0.6) is 0 Å². The van der Waals surface area contributed by atoms with Crippen LogP contribution in [-0.4, -0.2) is 15.9 Å². The highest BCUT2D eigenvalue weighted by Crippen LogP contribution is 2.13. The van der Waals surface area contributed by atoms with Crippen LogP contribution in [-0.2, 0) is 6.54 Å². The SMILES string of the molecule is Cc1ccccc1CNC(=O)c1ccc(-c2ccccn2)nc1. The molecule has 4 heteroatoms. The summed E-state index contributed by atoms with van der Waals surface area (Å²) in [5.41, 5.74) is 4.36. The molecule has 1 N–H and O–H groups in total. The molecular weight excluding hydrogens is 286 g/mol. The molecule has 1 aromatic carbocycles. The van der Waals surface area contributed by atoms with Crippen molar-refractivity contribution < 1.29 is 4.79 Å². The van der Waals surface area contributed by atoms with Crippen LogP contribution in [0.4, 0.5) is 0 Å². The van der Waals surface area contributed by atoms with E-state index >= 15 is 0 Å². The molecule has 0 atom stereocenters. The molecule has 0 aliphatic rings. The number of hydrogen-bond acceptors (Lipinski definition) is 3. The summed E-state index contributed by atoms with van der Waals surface area (Å²) in [6.07, 6.45) is 3.30. The number of carbonyl (C=O) groups is 1. The Hall–Kier alpha value is -3.01. The molecule has 2 aromatic heterocycles. The minimum Gasteiger partial charge on any atom is -0.348 e. The zero-order valence-corrected chi connectivity index (χ0v) is 12.9. The Kier molecular flexibility index (Phi) is 4.43. The number of hydrogen-bond donors (Lipinski definition) is 1. The van der Waals surface area contributed by atoms with Gasteiger partial charge in [-0.3, -0.25) is 14.8 Å². The summed E-state index contributed by atoms with van der Waals surface area (Å²) in [6, 6.07) is 17.2. The quantitative estimate of drug-likeness (QED) is 0.804. The fourth-order valence-corrected chi connectivity index (χ4v) is 2.28. The lowest BCUT2D eigenvalue weighted by molar-refractivity contribution is 0.0950. The van der Waals surface area contributed by atoms with Crippen LogP contribution >= 0.6 is 0 Å². The van der Waals surface area contributed by atoms with Crippen LogP contribution in [0, 0.1) is 6.92 Å². The maximum atomic E-state index is 12.2. The molecule has 0 radical (unpaired) electrons. The molecule has 3 aromatic rings. The molecule has 0 unspecified atom stereocenters. The van der Waals surface area contributed by atoms with Crippen LogP contribution in [0.15, 0.2) is 67.0 Å². The van der Waals surface area contributed by atoms with Crippen molar-refractivity contribution in [2.45, 2.75) is 13.5 Å². The summed E-state index contributed by atoms with van der Waals surface area (Å²) in [5.74, 6) is -0.131. The monoisotopic (exact) mass is 303 g/mol. The highest BCUT2D eigenvalue weighted by atomic mass is 16.1. The number of benzene rings is 1. The lowest BCUT2D eigenvalue weighted by atomic mass is 10.1. The van der Waals surface area contributed by atoms with E-state index in [4.69, 9.17) is 0 Å². The second kappa shape index (κ2) is 6.83. The standard InChI is InChI=1S/C19H17N3O/c1-14-6-2-3-7-15(14)12-22-19(23)16-9-10-18(21-13-16)17-8-4-5-11-20-17/h2-11,13H,12H2,1H3,(H,22,23). The molecule has 4 nitrogen and oxygen atoms in total. The second-order valence-electron chi connectivity index (χ2n) is 5.26. The van der Waals surface area contributed by atoms with E-state index in [1.165, 1.54) is 0 Å². The number of rotatable bonds is 4. The number of aryl methyl sites for hydroxylation is 1. The molecule has 0 saturated heterocycles. The van der Waals surface area contributed by atoms with Crippen molar-refractivity contribution >= 4 is 5.91 Å². The van der Waals surface area contributed by atoms with Crippen molar-refractivity contribution in [1.29, 1.82) is 0 Å². The number of amides is 1. The van der Waals surface area contributed by atoms with Crippen molar-refractivity contribution in [1.82, 2.24) is 15.3 Å². The van der Waals surface area contributed by atoms with Crippen molar-refractivity contribution in [3.63, 3.8) is 0 Å². The largest absolute Gasteiger partial charge is 0.348 e. The van der Waals surface area contributed by atoms with E-state index in [1.54, 1.807) is 18.5 Å². The molecule has 0 aliphatic heterocycles. The van der Waals surface area contributed by atoms with Crippen molar-refractivity contribution in [3.05, 3.63) is 83.7 Å². The molecule has 0 fully saturated rings. The zero-order chi connectivity index (χ0) is 16.1. The van der Waals surface area contributed by atoms with E-state index in [0.717, 1.165) is 22.5 Å². The first-order valence-electron chi connectivity index (χ1n) is 7.44. The van der Waals surface area contributed by atoms with Gasteiger partial charge < -0.3 is 5.32 Å². The Morgan fingerprint density at radius 2 is 1.74 bits per heavy atom. The summed E-state index contributed by atoms with van der Waals surface area (Å²) >= 11 is 0. The van der Waals surface area contributed by atoms with Crippen LogP contribution in [0.1, 0.15) is 21.5 Å². The van der Waals surface area contributed by atoms with Gasteiger partial charge in [0, 0.05) is 18.9 Å². The molecular formula is C19H17N3O. The van der Waals surface area contributed by atoms with Crippen molar-refractivity contribution in [3.8, 4) is 11.4 Å². The van der Waals surface area contributed by atoms with E-state index in [1.807, 2.05) is 55.5 Å². The van der Waals surface area contributed by atoms with Gasteiger partial charge in [0.15, 0.2) is 0 Å².